The van der Waals surface area contributed by atoms with Gasteiger partial charge in [-0.05, 0) is 37.1 Å². The van der Waals surface area contributed by atoms with E-state index in [-0.39, 0.29) is 0 Å². The van der Waals surface area contributed by atoms with Gasteiger partial charge in [-0.2, -0.15) is 0 Å². The number of benzene rings is 1. The fraction of sp³-hybridized carbons (Fsp3) is 0.273. The third-order valence-electron chi connectivity index (χ3n) is 1.76. The molecule has 1 aromatic carbocycles. The second-order valence-electron chi connectivity index (χ2n) is 2.88. The Morgan fingerprint density at radius 1 is 1.23 bits per heavy atom. The van der Waals surface area contributed by atoms with Crippen LogP contribution in [0.15, 0.2) is 34.8 Å². The second kappa shape index (κ2) is 5.95. The third kappa shape index (κ3) is 4.25. The molecule has 0 saturated heterocycles. The summed E-state index contributed by atoms with van der Waals surface area (Å²) in [6.45, 7) is 0.769. The van der Waals surface area contributed by atoms with Gasteiger partial charge in [0.1, 0.15) is 0 Å². The molecule has 0 saturated carbocycles. The number of nitrogens with two attached hydrogens (primary N) is 1. The predicted molar refractivity (Wildman–Crippen MR) is 61.5 cm³/mol. The summed E-state index contributed by atoms with van der Waals surface area (Å²) in [6.07, 6.45) is 6.41. The van der Waals surface area contributed by atoms with Crippen molar-refractivity contribution in [2.45, 2.75) is 12.8 Å². The van der Waals surface area contributed by atoms with Gasteiger partial charge < -0.3 is 5.73 Å². The first-order valence-corrected chi connectivity index (χ1v) is 5.24. The monoisotopic (exact) mass is 239 g/mol. The summed E-state index contributed by atoms with van der Waals surface area (Å²) in [5.74, 6) is 0. The Balaban J connectivity index is 2.44. The van der Waals surface area contributed by atoms with E-state index in [1.807, 2.05) is 12.1 Å². The van der Waals surface area contributed by atoms with Gasteiger partial charge in [0.2, 0.25) is 0 Å². The first-order chi connectivity index (χ1) is 6.33. The standard InChI is InChI=1S/C11H14BrN/c12-11-7-5-10(6-8-11)4-2-1-3-9-13/h2,4-8H,1,3,9,13H2/b4-2+. The zero-order valence-corrected chi connectivity index (χ0v) is 9.13. The lowest BCUT2D eigenvalue weighted by Crippen LogP contribution is -1.96. The van der Waals surface area contributed by atoms with Crippen LogP contribution in [0.4, 0.5) is 0 Å². The number of halogens is 1. The van der Waals surface area contributed by atoms with Crippen molar-refractivity contribution in [2.75, 3.05) is 6.54 Å². The highest BCUT2D eigenvalue weighted by Gasteiger charge is 1.86. The largest absolute Gasteiger partial charge is 0.330 e. The first-order valence-electron chi connectivity index (χ1n) is 4.45. The van der Waals surface area contributed by atoms with Gasteiger partial charge in [-0.1, -0.05) is 40.2 Å². The second-order valence-corrected chi connectivity index (χ2v) is 3.80. The molecular weight excluding hydrogens is 226 g/mol. The van der Waals surface area contributed by atoms with E-state index in [9.17, 15) is 0 Å². The zero-order valence-electron chi connectivity index (χ0n) is 7.54. The van der Waals surface area contributed by atoms with E-state index in [0.717, 1.165) is 23.9 Å². The van der Waals surface area contributed by atoms with Crippen LogP contribution in [0, 0.1) is 0 Å². The van der Waals surface area contributed by atoms with Crippen molar-refractivity contribution in [3.63, 3.8) is 0 Å². The minimum absolute atomic E-state index is 0.769. The number of unbranched alkanes of at least 4 members (excludes halogenated alkanes) is 1. The van der Waals surface area contributed by atoms with Crippen molar-refractivity contribution in [1.82, 2.24) is 0 Å². The lowest BCUT2D eigenvalue weighted by Gasteiger charge is -1.93. The Kier molecular flexibility index (Phi) is 4.79. The van der Waals surface area contributed by atoms with E-state index >= 15 is 0 Å². The molecule has 1 rings (SSSR count). The van der Waals surface area contributed by atoms with Crippen LogP contribution in [0.2, 0.25) is 0 Å². The molecule has 0 aliphatic rings. The van der Waals surface area contributed by atoms with Crippen molar-refractivity contribution in [1.29, 1.82) is 0 Å². The van der Waals surface area contributed by atoms with Crippen molar-refractivity contribution in [2.24, 2.45) is 5.73 Å². The van der Waals surface area contributed by atoms with E-state index in [1.165, 1.54) is 5.56 Å². The van der Waals surface area contributed by atoms with Crippen LogP contribution in [0.25, 0.3) is 6.08 Å². The molecular formula is C11H14BrN. The summed E-state index contributed by atoms with van der Waals surface area (Å²) in [7, 11) is 0. The zero-order chi connectivity index (χ0) is 9.52. The van der Waals surface area contributed by atoms with Gasteiger partial charge in [0.15, 0.2) is 0 Å². The smallest absolute Gasteiger partial charge is 0.0175 e. The van der Waals surface area contributed by atoms with Crippen LogP contribution in [0.5, 0.6) is 0 Å². The number of hydrogen-bond donors (Lipinski definition) is 1. The van der Waals surface area contributed by atoms with Gasteiger partial charge in [-0.25, -0.2) is 0 Å². The summed E-state index contributed by atoms with van der Waals surface area (Å²) in [4.78, 5) is 0. The molecule has 0 spiro atoms. The molecule has 70 valence electrons. The highest BCUT2D eigenvalue weighted by atomic mass is 79.9. The normalized spacial score (nSPS) is 10.9. The fourth-order valence-corrected chi connectivity index (χ4v) is 1.29. The first kappa shape index (κ1) is 10.5. The van der Waals surface area contributed by atoms with E-state index in [2.05, 4.69) is 40.2 Å². The molecule has 0 unspecified atom stereocenters. The van der Waals surface area contributed by atoms with Crippen LogP contribution in [0.1, 0.15) is 18.4 Å². The van der Waals surface area contributed by atoms with Crippen molar-refractivity contribution >= 4 is 22.0 Å². The molecule has 0 bridgehead atoms. The number of rotatable bonds is 4. The summed E-state index contributed by atoms with van der Waals surface area (Å²) in [5.41, 5.74) is 6.62. The van der Waals surface area contributed by atoms with E-state index in [0.29, 0.717) is 0 Å². The molecule has 1 nitrogen and oxygen atoms in total. The van der Waals surface area contributed by atoms with Gasteiger partial charge in [0, 0.05) is 4.47 Å². The topological polar surface area (TPSA) is 26.0 Å². The lowest BCUT2D eigenvalue weighted by molar-refractivity contribution is 0.857. The Morgan fingerprint density at radius 2 is 1.92 bits per heavy atom. The summed E-state index contributed by atoms with van der Waals surface area (Å²) in [6, 6.07) is 8.26. The van der Waals surface area contributed by atoms with E-state index in [4.69, 9.17) is 5.73 Å². The average molecular weight is 240 g/mol. The Hall–Kier alpha value is -0.600. The minimum atomic E-state index is 0.769. The Labute approximate surface area is 87.8 Å². The van der Waals surface area contributed by atoms with Crippen LogP contribution in [0.3, 0.4) is 0 Å². The number of allylic oxidation sites excluding steroid dienone is 1. The van der Waals surface area contributed by atoms with Crippen LogP contribution in [-0.2, 0) is 0 Å². The average Bonchev–Trinajstić information content (AvgIpc) is 2.15. The van der Waals surface area contributed by atoms with Gasteiger partial charge in [-0.3, -0.25) is 0 Å². The maximum absolute atomic E-state index is 5.39. The minimum Gasteiger partial charge on any atom is -0.330 e. The van der Waals surface area contributed by atoms with Gasteiger partial charge in [0.05, 0.1) is 0 Å². The van der Waals surface area contributed by atoms with Crippen LogP contribution < -0.4 is 5.73 Å². The van der Waals surface area contributed by atoms with Crippen LogP contribution >= 0.6 is 15.9 Å². The predicted octanol–water partition coefficient (Wildman–Crippen LogP) is 3.20. The molecule has 0 heterocycles. The summed E-state index contributed by atoms with van der Waals surface area (Å²) >= 11 is 3.40. The van der Waals surface area contributed by atoms with Crippen molar-refractivity contribution in [3.05, 3.63) is 40.4 Å². The SMILES string of the molecule is NCCC/C=C/c1ccc(Br)cc1. The molecule has 0 aliphatic carbocycles. The molecule has 0 amide bonds. The molecule has 2 N–H and O–H groups in total. The Morgan fingerprint density at radius 3 is 2.54 bits per heavy atom. The molecule has 2 heteroatoms. The van der Waals surface area contributed by atoms with E-state index in [1.54, 1.807) is 0 Å². The maximum atomic E-state index is 5.39. The molecule has 0 atom stereocenters. The van der Waals surface area contributed by atoms with Gasteiger partial charge in [-0.15, -0.1) is 0 Å². The van der Waals surface area contributed by atoms with E-state index < -0.39 is 0 Å². The highest BCUT2D eigenvalue weighted by Crippen LogP contribution is 2.11. The van der Waals surface area contributed by atoms with Gasteiger partial charge >= 0.3 is 0 Å². The maximum Gasteiger partial charge on any atom is 0.0175 e. The summed E-state index contributed by atoms with van der Waals surface area (Å²) < 4.78 is 1.12. The molecule has 0 radical (unpaired) electrons. The molecule has 0 aliphatic heterocycles. The molecule has 0 fully saturated rings. The molecule has 13 heavy (non-hydrogen) atoms. The third-order valence-corrected chi connectivity index (χ3v) is 2.28. The summed E-state index contributed by atoms with van der Waals surface area (Å²) in [5, 5.41) is 0. The fourth-order valence-electron chi connectivity index (χ4n) is 1.03. The quantitative estimate of drug-likeness (QED) is 0.803. The van der Waals surface area contributed by atoms with Crippen molar-refractivity contribution < 1.29 is 0 Å². The number of hydrogen-bond acceptors (Lipinski definition) is 1. The van der Waals surface area contributed by atoms with Gasteiger partial charge in [0.25, 0.3) is 0 Å². The molecule has 0 aromatic heterocycles. The highest BCUT2D eigenvalue weighted by molar-refractivity contribution is 9.10. The van der Waals surface area contributed by atoms with Crippen LogP contribution in [-0.4, -0.2) is 6.54 Å². The Bertz CT molecular complexity index is 264. The molecule has 1 aromatic rings. The lowest BCUT2D eigenvalue weighted by atomic mass is 10.2. The van der Waals surface area contributed by atoms with Crippen molar-refractivity contribution in [3.8, 4) is 0 Å².